The van der Waals surface area contributed by atoms with Crippen LogP contribution in [0.1, 0.15) is 5.56 Å². The van der Waals surface area contributed by atoms with Crippen LogP contribution in [0.5, 0.6) is 5.88 Å². The second-order valence-corrected chi connectivity index (χ2v) is 5.56. The molecule has 0 aliphatic rings. The zero-order valence-electron chi connectivity index (χ0n) is 10.8. The summed E-state index contributed by atoms with van der Waals surface area (Å²) in [6.07, 6.45) is 0. The molecule has 0 atom stereocenters. The van der Waals surface area contributed by atoms with Gasteiger partial charge in [0.1, 0.15) is 5.82 Å². The van der Waals surface area contributed by atoms with Gasteiger partial charge in [-0.1, -0.05) is 28.1 Å². The SMILES string of the molecule is O=Nc1c(O)n(Cc2cccc(F)c2)c2ccc(Br)cc12. The maximum absolute atomic E-state index is 13.3. The summed E-state index contributed by atoms with van der Waals surface area (Å²) in [5.41, 5.74) is 1.33. The first kappa shape index (κ1) is 13.8. The lowest BCUT2D eigenvalue weighted by atomic mass is 10.2. The van der Waals surface area contributed by atoms with Gasteiger partial charge in [0.15, 0.2) is 5.69 Å². The lowest BCUT2D eigenvalue weighted by molar-refractivity contribution is 0.430. The molecule has 1 N–H and O–H groups in total. The summed E-state index contributed by atoms with van der Waals surface area (Å²) in [4.78, 5) is 11.0. The van der Waals surface area contributed by atoms with Gasteiger partial charge in [-0.3, -0.25) is 0 Å². The highest BCUT2D eigenvalue weighted by molar-refractivity contribution is 9.10. The largest absolute Gasteiger partial charge is 0.493 e. The van der Waals surface area contributed by atoms with Gasteiger partial charge >= 0.3 is 0 Å². The van der Waals surface area contributed by atoms with Crippen molar-refractivity contribution in [1.29, 1.82) is 0 Å². The van der Waals surface area contributed by atoms with Crippen molar-refractivity contribution in [2.24, 2.45) is 5.18 Å². The molecule has 0 radical (unpaired) electrons. The van der Waals surface area contributed by atoms with Gasteiger partial charge in [0, 0.05) is 9.86 Å². The number of aromatic hydroxyl groups is 1. The summed E-state index contributed by atoms with van der Waals surface area (Å²) in [5.74, 6) is -0.567. The molecule has 2 aromatic carbocycles. The van der Waals surface area contributed by atoms with Crippen LogP contribution < -0.4 is 0 Å². The molecule has 3 rings (SSSR count). The summed E-state index contributed by atoms with van der Waals surface area (Å²) >= 11 is 3.32. The molecular formula is C15H10BrFN2O2. The average Bonchev–Trinajstić information content (AvgIpc) is 2.70. The average molecular weight is 349 g/mol. The van der Waals surface area contributed by atoms with Crippen molar-refractivity contribution < 1.29 is 9.50 Å². The molecule has 3 aromatic rings. The Kier molecular flexibility index (Phi) is 3.47. The molecule has 1 heterocycles. The molecule has 1 aromatic heterocycles. The van der Waals surface area contributed by atoms with Crippen LogP contribution >= 0.6 is 15.9 Å². The molecule has 0 aliphatic heterocycles. The monoisotopic (exact) mass is 348 g/mol. The van der Waals surface area contributed by atoms with E-state index in [1.807, 2.05) is 0 Å². The Labute approximate surface area is 127 Å². The van der Waals surface area contributed by atoms with E-state index in [1.54, 1.807) is 30.3 Å². The summed E-state index contributed by atoms with van der Waals surface area (Å²) in [6.45, 7) is 0.247. The molecule has 0 fully saturated rings. The third-order valence-electron chi connectivity index (χ3n) is 3.29. The summed E-state index contributed by atoms with van der Waals surface area (Å²) < 4.78 is 15.6. The van der Waals surface area contributed by atoms with Gasteiger partial charge in [0.25, 0.3) is 0 Å². The highest BCUT2D eigenvalue weighted by Crippen LogP contribution is 2.40. The minimum atomic E-state index is -0.347. The number of rotatable bonds is 3. The van der Waals surface area contributed by atoms with Crippen LogP contribution in [0.25, 0.3) is 10.9 Å². The molecule has 6 heteroatoms. The summed E-state index contributed by atoms with van der Waals surface area (Å²) in [7, 11) is 0. The number of halogens is 2. The Balaban J connectivity index is 2.18. The fraction of sp³-hybridized carbons (Fsp3) is 0.0667. The first-order valence-corrected chi connectivity index (χ1v) is 6.98. The van der Waals surface area contributed by atoms with E-state index in [0.717, 1.165) is 4.47 Å². The summed E-state index contributed by atoms with van der Waals surface area (Å²) in [6, 6.07) is 11.4. The van der Waals surface area contributed by atoms with Crippen LogP contribution in [0.3, 0.4) is 0 Å². The standard InChI is InChI=1S/C15H10BrFN2O2/c16-10-4-5-13-12(7-10)14(18-21)15(20)19(13)8-9-2-1-3-11(17)6-9/h1-7,20H,8H2. The Bertz CT molecular complexity index is 845. The van der Waals surface area contributed by atoms with Gasteiger partial charge in [-0.25, -0.2) is 4.39 Å². The molecule has 0 amide bonds. The molecule has 0 saturated heterocycles. The first-order valence-electron chi connectivity index (χ1n) is 6.18. The molecule has 0 spiro atoms. The first-order chi connectivity index (χ1) is 10.1. The molecule has 0 saturated carbocycles. The second kappa shape index (κ2) is 5.29. The van der Waals surface area contributed by atoms with Gasteiger partial charge in [0.05, 0.1) is 12.1 Å². The smallest absolute Gasteiger partial charge is 0.222 e. The molecule has 21 heavy (non-hydrogen) atoms. The van der Waals surface area contributed by atoms with Crippen molar-refractivity contribution in [3.05, 3.63) is 63.2 Å². The quantitative estimate of drug-likeness (QED) is 0.697. The number of benzene rings is 2. The molecule has 0 aliphatic carbocycles. The van der Waals surface area contributed by atoms with Crippen molar-refractivity contribution in [3.63, 3.8) is 0 Å². The van der Waals surface area contributed by atoms with Crippen LogP contribution in [-0.4, -0.2) is 9.67 Å². The maximum atomic E-state index is 13.3. The number of nitrogens with zero attached hydrogens (tertiary/aromatic N) is 2. The van der Waals surface area contributed by atoms with E-state index in [4.69, 9.17) is 0 Å². The van der Waals surface area contributed by atoms with E-state index in [2.05, 4.69) is 21.1 Å². The minimum absolute atomic E-state index is 0.0114. The zero-order chi connectivity index (χ0) is 15.0. The van der Waals surface area contributed by atoms with Crippen molar-refractivity contribution in [1.82, 2.24) is 4.57 Å². The zero-order valence-corrected chi connectivity index (χ0v) is 12.3. The van der Waals surface area contributed by atoms with Crippen LogP contribution in [0.15, 0.2) is 52.1 Å². The van der Waals surface area contributed by atoms with E-state index in [1.165, 1.54) is 16.7 Å². The number of hydrogen-bond acceptors (Lipinski definition) is 3. The van der Waals surface area contributed by atoms with E-state index >= 15 is 0 Å². The number of aromatic nitrogens is 1. The fourth-order valence-corrected chi connectivity index (χ4v) is 2.72. The molecule has 0 bridgehead atoms. The van der Waals surface area contributed by atoms with Crippen molar-refractivity contribution in [2.75, 3.05) is 0 Å². The van der Waals surface area contributed by atoms with Crippen LogP contribution in [0.4, 0.5) is 10.1 Å². The molecule has 106 valence electrons. The van der Waals surface area contributed by atoms with Crippen molar-refractivity contribution >= 4 is 32.5 Å². The number of hydrogen-bond donors (Lipinski definition) is 1. The normalized spacial score (nSPS) is 11.0. The van der Waals surface area contributed by atoms with Crippen LogP contribution in [-0.2, 0) is 6.54 Å². The molecule has 4 nitrogen and oxygen atoms in total. The number of nitroso groups, excluding NO2 is 1. The van der Waals surface area contributed by atoms with Gasteiger partial charge in [-0.15, -0.1) is 4.91 Å². The Morgan fingerprint density at radius 1 is 1.24 bits per heavy atom. The number of fused-ring (bicyclic) bond motifs is 1. The molecule has 0 unspecified atom stereocenters. The molecular weight excluding hydrogens is 339 g/mol. The van der Waals surface area contributed by atoms with E-state index in [0.29, 0.717) is 16.5 Å². The predicted molar refractivity (Wildman–Crippen MR) is 82.3 cm³/mol. The Morgan fingerprint density at radius 2 is 2.05 bits per heavy atom. The Hall–Kier alpha value is -2.21. The lowest BCUT2D eigenvalue weighted by Crippen LogP contribution is -1.99. The fourth-order valence-electron chi connectivity index (χ4n) is 2.36. The Morgan fingerprint density at radius 3 is 2.76 bits per heavy atom. The van der Waals surface area contributed by atoms with E-state index in [-0.39, 0.29) is 23.9 Å². The highest BCUT2D eigenvalue weighted by Gasteiger charge is 2.18. The van der Waals surface area contributed by atoms with Crippen LogP contribution in [0, 0.1) is 10.7 Å². The van der Waals surface area contributed by atoms with Gasteiger partial charge in [-0.2, -0.15) is 0 Å². The topological polar surface area (TPSA) is 54.6 Å². The van der Waals surface area contributed by atoms with Gasteiger partial charge < -0.3 is 9.67 Å². The van der Waals surface area contributed by atoms with Gasteiger partial charge in [0.2, 0.25) is 5.88 Å². The highest BCUT2D eigenvalue weighted by atomic mass is 79.9. The second-order valence-electron chi connectivity index (χ2n) is 4.64. The van der Waals surface area contributed by atoms with E-state index < -0.39 is 0 Å². The van der Waals surface area contributed by atoms with E-state index in [9.17, 15) is 14.4 Å². The van der Waals surface area contributed by atoms with Crippen LogP contribution in [0.2, 0.25) is 0 Å². The third kappa shape index (κ3) is 2.42. The van der Waals surface area contributed by atoms with Crippen molar-refractivity contribution in [3.8, 4) is 5.88 Å². The predicted octanol–water partition coefficient (Wildman–Crippen LogP) is 4.69. The minimum Gasteiger partial charge on any atom is -0.493 e. The summed E-state index contributed by atoms with van der Waals surface area (Å²) in [5, 5.41) is 13.6. The van der Waals surface area contributed by atoms with Crippen molar-refractivity contribution in [2.45, 2.75) is 6.54 Å². The third-order valence-corrected chi connectivity index (χ3v) is 3.79. The van der Waals surface area contributed by atoms with Gasteiger partial charge in [-0.05, 0) is 41.1 Å². The lowest BCUT2D eigenvalue weighted by Gasteiger charge is -2.07. The maximum Gasteiger partial charge on any atom is 0.222 e.